The van der Waals surface area contributed by atoms with Crippen LogP contribution in [0.1, 0.15) is 24.0 Å². The summed E-state index contributed by atoms with van der Waals surface area (Å²) in [5, 5.41) is 5.69. The lowest BCUT2D eigenvalue weighted by molar-refractivity contribution is -0.127. The monoisotopic (exact) mass is 449 g/mol. The smallest absolute Gasteiger partial charge is 0.387 e. The number of carbonyl (C=O) groups excluding carboxylic acids is 2. The second-order valence-corrected chi connectivity index (χ2v) is 7.69. The van der Waals surface area contributed by atoms with Gasteiger partial charge in [0, 0.05) is 19.0 Å². The molecule has 0 atom stereocenters. The zero-order valence-electron chi connectivity index (χ0n) is 17.5. The maximum atomic E-state index is 12.9. The molecule has 2 N–H and O–H groups in total. The molecule has 2 aromatic rings. The SMILES string of the molecule is O=C(CN1CCC(C(=O)NCc2ccc(F)cc2)CC1)NCc1ccc(OC(F)F)cc1. The second-order valence-electron chi connectivity index (χ2n) is 7.69. The number of carbonyl (C=O) groups is 2. The molecule has 1 aliphatic rings. The summed E-state index contributed by atoms with van der Waals surface area (Å²) in [4.78, 5) is 26.6. The van der Waals surface area contributed by atoms with Crippen molar-refractivity contribution in [1.29, 1.82) is 0 Å². The number of benzene rings is 2. The Hall–Kier alpha value is -3.07. The molecule has 0 aromatic heterocycles. The molecule has 0 bridgehead atoms. The van der Waals surface area contributed by atoms with Crippen LogP contribution < -0.4 is 15.4 Å². The van der Waals surface area contributed by atoms with Crippen LogP contribution in [-0.4, -0.2) is 43.0 Å². The Morgan fingerprint density at radius 1 is 0.938 bits per heavy atom. The minimum absolute atomic E-state index is 0.0299. The van der Waals surface area contributed by atoms with Crippen molar-refractivity contribution >= 4 is 11.8 Å². The molecule has 1 saturated heterocycles. The first kappa shape index (κ1) is 23.6. The van der Waals surface area contributed by atoms with Crippen LogP contribution in [0.3, 0.4) is 0 Å². The number of hydrogen-bond acceptors (Lipinski definition) is 4. The van der Waals surface area contributed by atoms with Gasteiger partial charge < -0.3 is 15.4 Å². The summed E-state index contributed by atoms with van der Waals surface area (Å²) in [5.41, 5.74) is 1.61. The Kier molecular flexibility index (Phi) is 8.49. The summed E-state index contributed by atoms with van der Waals surface area (Å²) in [7, 11) is 0. The Labute approximate surface area is 184 Å². The highest BCUT2D eigenvalue weighted by Gasteiger charge is 2.25. The first-order valence-electron chi connectivity index (χ1n) is 10.4. The molecule has 0 aliphatic carbocycles. The minimum atomic E-state index is -2.87. The number of halogens is 3. The van der Waals surface area contributed by atoms with Crippen LogP contribution in [0, 0.1) is 11.7 Å². The van der Waals surface area contributed by atoms with Gasteiger partial charge in [-0.25, -0.2) is 4.39 Å². The number of piperidine rings is 1. The highest BCUT2D eigenvalue weighted by Crippen LogP contribution is 2.18. The van der Waals surface area contributed by atoms with Crippen LogP contribution in [0.15, 0.2) is 48.5 Å². The summed E-state index contributed by atoms with van der Waals surface area (Å²) in [6, 6.07) is 12.1. The number of likely N-dealkylation sites (tertiary alicyclic amines) is 1. The third kappa shape index (κ3) is 7.56. The van der Waals surface area contributed by atoms with Crippen LogP contribution in [-0.2, 0) is 22.7 Å². The summed E-state index contributed by atoms with van der Waals surface area (Å²) in [6.07, 6.45) is 1.32. The van der Waals surface area contributed by atoms with Gasteiger partial charge in [0.1, 0.15) is 11.6 Å². The molecule has 0 spiro atoms. The van der Waals surface area contributed by atoms with E-state index in [0.29, 0.717) is 32.5 Å². The van der Waals surface area contributed by atoms with Gasteiger partial charge in [0.2, 0.25) is 11.8 Å². The van der Waals surface area contributed by atoms with Gasteiger partial charge >= 0.3 is 6.61 Å². The van der Waals surface area contributed by atoms with Gasteiger partial charge in [-0.3, -0.25) is 14.5 Å². The number of nitrogens with one attached hydrogen (secondary N) is 2. The van der Waals surface area contributed by atoms with Crippen molar-refractivity contribution in [1.82, 2.24) is 15.5 Å². The van der Waals surface area contributed by atoms with Gasteiger partial charge in [-0.1, -0.05) is 24.3 Å². The van der Waals surface area contributed by atoms with Crippen LogP contribution in [0.4, 0.5) is 13.2 Å². The van der Waals surface area contributed by atoms with E-state index in [-0.39, 0.29) is 42.4 Å². The van der Waals surface area contributed by atoms with E-state index in [9.17, 15) is 22.8 Å². The molecule has 2 amide bonds. The standard InChI is InChI=1S/C23H26F3N3O3/c24-19-5-1-16(2-6-19)14-28-22(31)18-9-11-29(12-10-18)15-21(30)27-13-17-3-7-20(8-4-17)32-23(25)26/h1-8,18,23H,9-15H2,(H,27,30)(H,28,31). The Morgan fingerprint density at radius 3 is 2.09 bits per heavy atom. The molecule has 0 unspecified atom stereocenters. The molecule has 6 nitrogen and oxygen atoms in total. The first-order valence-corrected chi connectivity index (χ1v) is 10.4. The lowest BCUT2D eigenvalue weighted by Gasteiger charge is -2.30. The summed E-state index contributed by atoms with van der Waals surface area (Å²) < 4.78 is 41.6. The highest BCUT2D eigenvalue weighted by molar-refractivity contribution is 5.79. The molecule has 172 valence electrons. The molecular formula is C23H26F3N3O3. The van der Waals surface area contributed by atoms with E-state index >= 15 is 0 Å². The molecule has 3 rings (SSSR count). The van der Waals surface area contributed by atoms with Crippen molar-refractivity contribution in [3.8, 4) is 5.75 Å². The number of alkyl halides is 2. The number of amides is 2. The average molecular weight is 449 g/mol. The maximum absolute atomic E-state index is 12.9. The van der Waals surface area contributed by atoms with E-state index in [2.05, 4.69) is 15.4 Å². The predicted molar refractivity (Wildman–Crippen MR) is 112 cm³/mol. The number of hydrogen-bond donors (Lipinski definition) is 2. The van der Waals surface area contributed by atoms with Crippen molar-refractivity contribution in [2.45, 2.75) is 32.5 Å². The van der Waals surface area contributed by atoms with Crippen molar-refractivity contribution in [2.24, 2.45) is 5.92 Å². The third-order valence-electron chi connectivity index (χ3n) is 5.34. The number of rotatable bonds is 9. The third-order valence-corrected chi connectivity index (χ3v) is 5.34. The molecule has 1 fully saturated rings. The average Bonchev–Trinajstić information content (AvgIpc) is 2.78. The highest BCUT2D eigenvalue weighted by atomic mass is 19.3. The van der Waals surface area contributed by atoms with Crippen LogP contribution >= 0.6 is 0 Å². The molecule has 0 saturated carbocycles. The molecule has 9 heteroatoms. The van der Waals surface area contributed by atoms with Gasteiger partial charge in [-0.2, -0.15) is 8.78 Å². The second kappa shape index (κ2) is 11.5. The van der Waals surface area contributed by atoms with Crippen molar-refractivity contribution in [2.75, 3.05) is 19.6 Å². The first-order chi connectivity index (χ1) is 15.4. The summed E-state index contributed by atoms with van der Waals surface area (Å²) >= 11 is 0. The van der Waals surface area contributed by atoms with E-state index in [4.69, 9.17) is 0 Å². The number of ether oxygens (including phenoxy) is 1. The molecule has 32 heavy (non-hydrogen) atoms. The van der Waals surface area contributed by atoms with E-state index < -0.39 is 6.61 Å². The van der Waals surface area contributed by atoms with Crippen LogP contribution in [0.25, 0.3) is 0 Å². The Bertz CT molecular complexity index is 884. The Balaban J connectivity index is 1.33. The predicted octanol–water partition coefficient (Wildman–Crippen LogP) is 3.07. The quantitative estimate of drug-likeness (QED) is 0.618. The largest absolute Gasteiger partial charge is 0.435 e. The van der Waals surface area contributed by atoms with Gasteiger partial charge in [-0.05, 0) is 61.3 Å². The van der Waals surface area contributed by atoms with Gasteiger partial charge in [0.15, 0.2) is 0 Å². The fourth-order valence-electron chi connectivity index (χ4n) is 3.54. The topological polar surface area (TPSA) is 70.7 Å². The van der Waals surface area contributed by atoms with Gasteiger partial charge in [-0.15, -0.1) is 0 Å². The molecule has 2 aromatic carbocycles. The van der Waals surface area contributed by atoms with Crippen LogP contribution in [0.2, 0.25) is 0 Å². The van der Waals surface area contributed by atoms with E-state index in [0.717, 1.165) is 11.1 Å². The Morgan fingerprint density at radius 2 is 1.50 bits per heavy atom. The van der Waals surface area contributed by atoms with Crippen molar-refractivity contribution < 1.29 is 27.5 Å². The number of nitrogens with zero attached hydrogens (tertiary/aromatic N) is 1. The normalized spacial score (nSPS) is 14.9. The van der Waals surface area contributed by atoms with Crippen molar-refractivity contribution in [3.63, 3.8) is 0 Å². The van der Waals surface area contributed by atoms with Crippen molar-refractivity contribution in [3.05, 3.63) is 65.5 Å². The summed E-state index contributed by atoms with van der Waals surface area (Å²) in [6.45, 7) is -0.710. The van der Waals surface area contributed by atoms with E-state index in [1.165, 1.54) is 24.3 Å². The molecule has 1 aliphatic heterocycles. The maximum Gasteiger partial charge on any atom is 0.387 e. The molecule has 1 heterocycles. The summed E-state index contributed by atoms with van der Waals surface area (Å²) in [5.74, 6) is -0.521. The van der Waals surface area contributed by atoms with E-state index in [1.54, 1.807) is 24.3 Å². The van der Waals surface area contributed by atoms with E-state index in [1.807, 2.05) is 4.90 Å². The molecule has 0 radical (unpaired) electrons. The van der Waals surface area contributed by atoms with Gasteiger partial charge in [0.05, 0.1) is 6.54 Å². The van der Waals surface area contributed by atoms with Gasteiger partial charge in [0.25, 0.3) is 0 Å². The lowest BCUT2D eigenvalue weighted by atomic mass is 9.96. The zero-order chi connectivity index (χ0) is 22.9. The fourth-order valence-corrected chi connectivity index (χ4v) is 3.54. The minimum Gasteiger partial charge on any atom is -0.435 e. The van der Waals surface area contributed by atoms with Crippen LogP contribution in [0.5, 0.6) is 5.75 Å². The fraction of sp³-hybridized carbons (Fsp3) is 0.391. The lowest BCUT2D eigenvalue weighted by Crippen LogP contribution is -2.44. The molecular weight excluding hydrogens is 423 g/mol. The zero-order valence-corrected chi connectivity index (χ0v) is 17.5.